The fourth-order valence-electron chi connectivity index (χ4n) is 3.83. The van der Waals surface area contributed by atoms with Crippen LogP contribution in [0, 0.1) is 5.92 Å². The number of nitrogens with one attached hydrogen (secondary N) is 1. The van der Waals surface area contributed by atoms with Crippen LogP contribution in [0.1, 0.15) is 65.2 Å². The van der Waals surface area contributed by atoms with E-state index in [4.69, 9.17) is 0 Å². The highest BCUT2D eigenvalue weighted by Crippen LogP contribution is 2.28. The van der Waals surface area contributed by atoms with E-state index in [1.54, 1.807) is 0 Å². The van der Waals surface area contributed by atoms with E-state index in [1.807, 2.05) is 0 Å². The van der Waals surface area contributed by atoms with Crippen LogP contribution in [-0.4, -0.2) is 36.6 Å². The van der Waals surface area contributed by atoms with Gasteiger partial charge in [0.1, 0.15) is 0 Å². The molecule has 2 fully saturated rings. The van der Waals surface area contributed by atoms with E-state index in [-0.39, 0.29) is 0 Å². The van der Waals surface area contributed by atoms with Crippen LogP contribution in [-0.2, 0) is 0 Å². The second-order valence-electron chi connectivity index (χ2n) is 6.47. The van der Waals surface area contributed by atoms with E-state index in [0.717, 1.165) is 18.0 Å². The maximum Gasteiger partial charge on any atom is 0.00823 e. The molecule has 0 spiro atoms. The molecular formula is C16H32N2. The van der Waals surface area contributed by atoms with Gasteiger partial charge in [-0.25, -0.2) is 0 Å². The molecule has 0 bridgehead atoms. The number of rotatable bonds is 5. The van der Waals surface area contributed by atoms with Gasteiger partial charge >= 0.3 is 0 Å². The highest BCUT2D eigenvalue weighted by Gasteiger charge is 2.24. The summed E-state index contributed by atoms with van der Waals surface area (Å²) >= 11 is 0. The summed E-state index contributed by atoms with van der Waals surface area (Å²) in [4.78, 5) is 2.65. The number of hydrogen-bond acceptors (Lipinski definition) is 2. The summed E-state index contributed by atoms with van der Waals surface area (Å²) in [5.74, 6) is 0.958. The standard InChI is InChI=1S/C16H32N2/c1-3-11-18-12-6-9-16(10-13-18)17-14(2)15-7-4-5-8-15/h14-17H,3-13H2,1-2H3/t14-,16?/m0/s1. The summed E-state index contributed by atoms with van der Waals surface area (Å²) in [6, 6.07) is 1.53. The van der Waals surface area contributed by atoms with E-state index < -0.39 is 0 Å². The summed E-state index contributed by atoms with van der Waals surface area (Å²) < 4.78 is 0. The molecule has 0 radical (unpaired) electrons. The summed E-state index contributed by atoms with van der Waals surface area (Å²) in [5.41, 5.74) is 0. The van der Waals surface area contributed by atoms with Gasteiger partial charge < -0.3 is 10.2 Å². The first-order valence-corrected chi connectivity index (χ1v) is 8.28. The predicted octanol–water partition coefficient (Wildman–Crippen LogP) is 3.42. The average Bonchev–Trinajstić information content (AvgIpc) is 2.81. The monoisotopic (exact) mass is 252 g/mol. The zero-order valence-electron chi connectivity index (χ0n) is 12.5. The summed E-state index contributed by atoms with van der Waals surface area (Å²) in [6.45, 7) is 8.64. The van der Waals surface area contributed by atoms with Gasteiger partial charge in [0, 0.05) is 12.1 Å². The normalized spacial score (nSPS) is 29.3. The van der Waals surface area contributed by atoms with E-state index in [1.165, 1.54) is 71.0 Å². The van der Waals surface area contributed by atoms with E-state index in [2.05, 4.69) is 24.1 Å². The molecule has 1 saturated heterocycles. The van der Waals surface area contributed by atoms with Crippen molar-refractivity contribution < 1.29 is 0 Å². The SMILES string of the molecule is CCCN1CCCC(N[C@@H](C)C2CCCC2)CC1. The Balaban J connectivity index is 1.72. The molecule has 0 aromatic carbocycles. The van der Waals surface area contributed by atoms with Crippen LogP contribution in [0.25, 0.3) is 0 Å². The van der Waals surface area contributed by atoms with Crippen molar-refractivity contribution in [2.24, 2.45) is 5.92 Å². The van der Waals surface area contributed by atoms with Gasteiger partial charge in [-0.15, -0.1) is 0 Å². The van der Waals surface area contributed by atoms with Crippen LogP contribution in [0.15, 0.2) is 0 Å². The molecule has 1 unspecified atom stereocenters. The minimum atomic E-state index is 0.746. The molecule has 106 valence electrons. The van der Waals surface area contributed by atoms with Gasteiger partial charge in [0.15, 0.2) is 0 Å². The molecular weight excluding hydrogens is 220 g/mol. The van der Waals surface area contributed by atoms with Crippen molar-refractivity contribution in [1.82, 2.24) is 10.2 Å². The van der Waals surface area contributed by atoms with Crippen LogP contribution in [0.2, 0.25) is 0 Å². The van der Waals surface area contributed by atoms with Gasteiger partial charge in [0.05, 0.1) is 0 Å². The fourth-order valence-corrected chi connectivity index (χ4v) is 3.83. The summed E-state index contributed by atoms with van der Waals surface area (Å²) in [6.07, 6.45) is 11.3. The van der Waals surface area contributed by atoms with Gasteiger partial charge in [0.2, 0.25) is 0 Å². The molecule has 2 rings (SSSR count). The van der Waals surface area contributed by atoms with Crippen molar-refractivity contribution in [3.05, 3.63) is 0 Å². The van der Waals surface area contributed by atoms with Crippen molar-refractivity contribution in [1.29, 1.82) is 0 Å². The molecule has 0 aromatic heterocycles. The van der Waals surface area contributed by atoms with Crippen molar-refractivity contribution in [3.63, 3.8) is 0 Å². The van der Waals surface area contributed by atoms with Crippen molar-refractivity contribution >= 4 is 0 Å². The Morgan fingerprint density at radius 2 is 1.83 bits per heavy atom. The summed E-state index contributed by atoms with van der Waals surface area (Å²) in [7, 11) is 0. The van der Waals surface area contributed by atoms with Gasteiger partial charge in [-0.05, 0) is 71.0 Å². The highest BCUT2D eigenvalue weighted by molar-refractivity contribution is 4.82. The molecule has 0 amide bonds. The molecule has 1 aliphatic carbocycles. The third-order valence-corrected chi connectivity index (χ3v) is 4.97. The molecule has 1 N–H and O–H groups in total. The molecule has 2 nitrogen and oxygen atoms in total. The second kappa shape index (κ2) is 7.49. The van der Waals surface area contributed by atoms with E-state index >= 15 is 0 Å². The van der Waals surface area contributed by atoms with Crippen LogP contribution >= 0.6 is 0 Å². The van der Waals surface area contributed by atoms with Gasteiger partial charge in [-0.2, -0.15) is 0 Å². The van der Waals surface area contributed by atoms with Gasteiger partial charge in [0.25, 0.3) is 0 Å². The third-order valence-electron chi connectivity index (χ3n) is 4.97. The number of nitrogens with zero attached hydrogens (tertiary/aromatic N) is 1. The largest absolute Gasteiger partial charge is 0.311 e. The lowest BCUT2D eigenvalue weighted by molar-refractivity contribution is 0.277. The molecule has 2 atom stereocenters. The lowest BCUT2D eigenvalue weighted by Crippen LogP contribution is -2.40. The third kappa shape index (κ3) is 4.24. The van der Waals surface area contributed by atoms with E-state index in [0.29, 0.717) is 0 Å². The Morgan fingerprint density at radius 1 is 1.06 bits per heavy atom. The molecule has 1 saturated carbocycles. The molecule has 1 aliphatic heterocycles. The Morgan fingerprint density at radius 3 is 2.56 bits per heavy atom. The first kappa shape index (κ1) is 14.3. The Bertz CT molecular complexity index is 223. The molecule has 2 heteroatoms. The van der Waals surface area contributed by atoms with Gasteiger partial charge in [-0.1, -0.05) is 19.8 Å². The number of hydrogen-bond donors (Lipinski definition) is 1. The summed E-state index contributed by atoms with van der Waals surface area (Å²) in [5, 5.41) is 3.94. The van der Waals surface area contributed by atoms with E-state index in [9.17, 15) is 0 Å². The zero-order valence-corrected chi connectivity index (χ0v) is 12.5. The molecule has 1 heterocycles. The average molecular weight is 252 g/mol. The zero-order chi connectivity index (χ0) is 12.8. The maximum absolute atomic E-state index is 3.94. The lowest BCUT2D eigenvalue weighted by atomic mass is 9.97. The van der Waals surface area contributed by atoms with Gasteiger partial charge in [-0.3, -0.25) is 0 Å². The van der Waals surface area contributed by atoms with Crippen LogP contribution in [0.4, 0.5) is 0 Å². The van der Waals surface area contributed by atoms with Crippen molar-refractivity contribution in [2.75, 3.05) is 19.6 Å². The van der Waals surface area contributed by atoms with Crippen molar-refractivity contribution in [2.45, 2.75) is 77.3 Å². The highest BCUT2D eigenvalue weighted by atomic mass is 15.1. The predicted molar refractivity (Wildman–Crippen MR) is 78.9 cm³/mol. The van der Waals surface area contributed by atoms with Crippen molar-refractivity contribution in [3.8, 4) is 0 Å². The topological polar surface area (TPSA) is 15.3 Å². The first-order chi connectivity index (χ1) is 8.79. The maximum atomic E-state index is 3.94. The Kier molecular flexibility index (Phi) is 5.97. The molecule has 2 aliphatic rings. The fraction of sp³-hybridized carbons (Fsp3) is 1.00. The smallest absolute Gasteiger partial charge is 0.00823 e. The Labute approximate surface area is 114 Å². The minimum absolute atomic E-state index is 0.746. The first-order valence-electron chi connectivity index (χ1n) is 8.28. The van der Waals surface area contributed by atoms with Crippen LogP contribution < -0.4 is 5.32 Å². The lowest BCUT2D eigenvalue weighted by Gasteiger charge is -2.26. The van der Waals surface area contributed by atoms with Crippen LogP contribution in [0.5, 0.6) is 0 Å². The second-order valence-corrected chi connectivity index (χ2v) is 6.47. The Hall–Kier alpha value is -0.0800. The quantitative estimate of drug-likeness (QED) is 0.806. The molecule has 0 aromatic rings. The minimum Gasteiger partial charge on any atom is -0.311 e. The number of likely N-dealkylation sites (tertiary alicyclic amines) is 1. The van der Waals surface area contributed by atoms with Crippen LogP contribution in [0.3, 0.4) is 0 Å². The molecule has 18 heavy (non-hydrogen) atoms.